The van der Waals surface area contributed by atoms with E-state index < -0.39 is 0 Å². The predicted molar refractivity (Wildman–Crippen MR) is 78.8 cm³/mol. The van der Waals surface area contributed by atoms with Gasteiger partial charge in [0.2, 0.25) is 5.91 Å². The van der Waals surface area contributed by atoms with Crippen LogP contribution in [0.1, 0.15) is 50.7 Å². The summed E-state index contributed by atoms with van der Waals surface area (Å²) in [5.74, 6) is 0.932. The van der Waals surface area contributed by atoms with E-state index in [0.29, 0.717) is 24.3 Å². The van der Waals surface area contributed by atoms with Crippen LogP contribution in [0.3, 0.4) is 0 Å². The maximum Gasteiger partial charge on any atom is 0.223 e. The minimum absolute atomic E-state index is 0.331. The van der Waals surface area contributed by atoms with Gasteiger partial charge in [-0.1, -0.05) is 43.7 Å². The van der Waals surface area contributed by atoms with E-state index in [1.54, 1.807) is 0 Å². The second-order valence-corrected chi connectivity index (χ2v) is 6.17. The zero-order valence-corrected chi connectivity index (χ0v) is 12.4. The molecule has 0 spiro atoms. The normalized spacial score (nSPS) is 14.7. The number of amides is 1. The fourth-order valence-corrected chi connectivity index (χ4v) is 2.37. The van der Waals surface area contributed by atoms with Crippen LogP contribution in [0.15, 0.2) is 24.3 Å². The van der Waals surface area contributed by atoms with E-state index in [4.69, 9.17) is 0 Å². The zero-order valence-electron chi connectivity index (χ0n) is 12.4. The van der Waals surface area contributed by atoms with Crippen molar-refractivity contribution in [1.29, 1.82) is 0 Å². The molecular weight excluding hydrogens is 234 g/mol. The minimum Gasteiger partial charge on any atom is -0.335 e. The molecule has 0 aliphatic heterocycles. The van der Waals surface area contributed by atoms with Gasteiger partial charge in [-0.2, -0.15) is 0 Å². The van der Waals surface area contributed by atoms with E-state index in [2.05, 4.69) is 49.9 Å². The molecule has 1 aromatic rings. The lowest BCUT2D eigenvalue weighted by molar-refractivity contribution is -0.132. The standard InChI is InChI=1S/C17H25NO/c1-13(2)7-10-17(19)18(16-8-9-16)12-15-6-4-5-14(3)11-15/h4-6,11,13,16H,7-10,12H2,1-3H3. The summed E-state index contributed by atoms with van der Waals surface area (Å²) in [4.78, 5) is 14.4. The van der Waals surface area contributed by atoms with E-state index in [9.17, 15) is 4.79 Å². The highest BCUT2D eigenvalue weighted by atomic mass is 16.2. The third-order valence-corrected chi connectivity index (χ3v) is 3.68. The van der Waals surface area contributed by atoms with Crippen LogP contribution in [0, 0.1) is 12.8 Å². The van der Waals surface area contributed by atoms with Crippen LogP contribution in [0.4, 0.5) is 0 Å². The molecule has 0 saturated heterocycles. The zero-order chi connectivity index (χ0) is 13.8. The largest absolute Gasteiger partial charge is 0.335 e. The van der Waals surface area contributed by atoms with E-state index in [1.807, 2.05) is 0 Å². The molecule has 0 aromatic heterocycles. The average molecular weight is 259 g/mol. The quantitative estimate of drug-likeness (QED) is 0.758. The number of nitrogens with zero attached hydrogens (tertiary/aromatic N) is 1. The molecule has 1 fully saturated rings. The molecule has 2 rings (SSSR count). The molecule has 2 nitrogen and oxygen atoms in total. The fourth-order valence-electron chi connectivity index (χ4n) is 2.37. The molecule has 1 aliphatic carbocycles. The lowest BCUT2D eigenvalue weighted by atomic mass is 10.1. The molecule has 0 bridgehead atoms. The Morgan fingerprint density at radius 1 is 1.37 bits per heavy atom. The van der Waals surface area contributed by atoms with Crippen molar-refractivity contribution in [2.45, 2.75) is 59.0 Å². The number of carbonyl (C=O) groups excluding carboxylic acids is 1. The summed E-state index contributed by atoms with van der Waals surface area (Å²) in [6, 6.07) is 8.99. The highest BCUT2D eigenvalue weighted by molar-refractivity contribution is 5.76. The molecule has 1 aliphatic rings. The maximum atomic E-state index is 12.3. The SMILES string of the molecule is Cc1cccc(CN(C(=O)CCC(C)C)C2CC2)c1. The van der Waals surface area contributed by atoms with Gasteiger partial charge in [0.1, 0.15) is 0 Å². The molecule has 19 heavy (non-hydrogen) atoms. The molecule has 0 unspecified atom stereocenters. The van der Waals surface area contributed by atoms with Gasteiger partial charge in [-0.15, -0.1) is 0 Å². The van der Waals surface area contributed by atoms with Crippen molar-refractivity contribution in [2.75, 3.05) is 0 Å². The number of carbonyl (C=O) groups is 1. The van der Waals surface area contributed by atoms with Gasteiger partial charge in [0, 0.05) is 19.0 Å². The summed E-state index contributed by atoms with van der Waals surface area (Å²) in [7, 11) is 0. The van der Waals surface area contributed by atoms with Crippen molar-refractivity contribution in [3.63, 3.8) is 0 Å². The van der Waals surface area contributed by atoms with Crippen molar-refractivity contribution < 1.29 is 4.79 Å². The van der Waals surface area contributed by atoms with Crippen molar-refractivity contribution in [3.8, 4) is 0 Å². The summed E-state index contributed by atoms with van der Waals surface area (Å²) >= 11 is 0. The van der Waals surface area contributed by atoms with Crippen molar-refractivity contribution in [1.82, 2.24) is 4.90 Å². The van der Waals surface area contributed by atoms with Gasteiger partial charge in [-0.25, -0.2) is 0 Å². The highest BCUT2D eigenvalue weighted by Crippen LogP contribution is 2.29. The third kappa shape index (κ3) is 4.38. The molecule has 0 atom stereocenters. The van der Waals surface area contributed by atoms with Crippen molar-refractivity contribution in [2.24, 2.45) is 5.92 Å². The van der Waals surface area contributed by atoms with Crippen LogP contribution >= 0.6 is 0 Å². The predicted octanol–water partition coefficient (Wildman–Crippen LogP) is 3.92. The Morgan fingerprint density at radius 2 is 2.11 bits per heavy atom. The Morgan fingerprint density at radius 3 is 2.68 bits per heavy atom. The van der Waals surface area contributed by atoms with Gasteiger partial charge < -0.3 is 4.90 Å². The third-order valence-electron chi connectivity index (χ3n) is 3.68. The van der Waals surface area contributed by atoms with E-state index in [-0.39, 0.29) is 0 Å². The molecule has 104 valence electrons. The molecular formula is C17H25NO. The molecule has 0 radical (unpaired) electrons. The van der Waals surface area contributed by atoms with Crippen LogP contribution < -0.4 is 0 Å². The first-order chi connectivity index (χ1) is 9.06. The Labute approximate surface area is 116 Å². The van der Waals surface area contributed by atoms with Gasteiger partial charge in [0.15, 0.2) is 0 Å². The average Bonchev–Trinajstić information content (AvgIpc) is 3.17. The Balaban J connectivity index is 1.98. The summed E-state index contributed by atoms with van der Waals surface area (Å²) < 4.78 is 0. The van der Waals surface area contributed by atoms with Gasteiger partial charge in [0.25, 0.3) is 0 Å². The van der Waals surface area contributed by atoms with Crippen molar-refractivity contribution in [3.05, 3.63) is 35.4 Å². The smallest absolute Gasteiger partial charge is 0.223 e. The molecule has 0 heterocycles. The number of benzene rings is 1. The lowest BCUT2D eigenvalue weighted by Gasteiger charge is -2.23. The summed E-state index contributed by atoms with van der Waals surface area (Å²) in [6.07, 6.45) is 4.05. The Hall–Kier alpha value is -1.31. The van der Waals surface area contributed by atoms with Gasteiger partial charge >= 0.3 is 0 Å². The Kier molecular flexibility index (Phi) is 4.62. The van der Waals surface area contributed by atoms with Gasteiger partial charge in [-0.3, -0.25) is 4.79 Å². The summed E-state index contributed by atoms with van der Waals surface area (Å²) in [6.45, 7) is 7.24. The van der Waals surface area contributed by atoms with E-state index in [0.717, 1.165) is 13.0 Å². The van der Waals surface area contributed by atoms with E-state index in [1.165, 1.54) is 24.0 Å². The second kappa shape index (κ2) is 6.23. The topological polar surface area (TPSA) is 20.3 Å². The number of rotatable bonds is 6. The second-order valence-electron chi connectivity index (χ2n) is 6.17. The lowest BCUT2D eigenvalue weighted by Crippen LogP contribution is -2.32. The maximum absolute atomic E-state index is 12.3. The molecule has 0 N–H and O–H groups in total. The molecule has 2 heteroatoms. The van der Waals surface area contributed by atoms with Gasteiger partial charge in [0.05, 0.1) is 0 Å². The number of hydrogen-bond acceptors (Lipinski definition) is 1. The molecule has 1 aromatic carbocycles. The van der Waals surface area contributed by atoms with Crippen LogP contribution in [-0.2, 0) is 11.3 Å². The van der Waals surface area contributed by atoms with Crippen molar-refractivity contribution >= 4 is 5.91 Å². The molecule has 1 saturated carbocycles. The summed E-state index contributed by atoms with van der Waals surface area (Å²) in [5.41, 5.74) is 2.52. The monoisotopic (exact) mass is 259 g/mol. The van der Waals surface area contributed by atoms with Crippen LogP contribution in [0.2, 0.25) is 0 Å². The first-order valence-corrected chi connectivity index (χ1v) is 7.41. The highest BCUT2D eigenvalue weighted by Gasteiger charge is 2.32. The Bertz CT molecular complexity index is 435. The summed E-state index contributed by atoms with van der Waals surface area (Å²) in [5, 5.41) is 0. The van der Waals surface area contributed by atoms with Crippen LogP contribution in [0.5, 0.6) is 0 Å². The first kappa shape index (κ1) is 14.1. The minimum atomic E-state index is 0.331. The number of hydrogen-bond donors (Lipinski definition) is 0. The van der Waals surface area contributed by atoms with Gasteiger partial charge in [-0.05, 0) is 37.7 Å². The fraction of sp³-hybridized carbons (Fsp3) is 0.588. The van der Waals surface area contributed by atoms with Crippen LogP contribution in [-0.4, -0.2) is 16.8 Å². The first-order valence-electron chi connectivity index (χ1n) is 7.41. The van der Waals surface area contributed by atoms with E-state index >= 15 is 0 Å². The number of aryl methyl sites for hydroxylation is 1. The van der Waals surface area contributed by atoms with Crippen LogP contribution in [0.25, 0.3) is 0 Å². The molecule has 1 amide bonds.